The Balaban J connectivity index is 1.73. The highest BCUT2D eigenvalue weighted by molar-refractivity contribution is 7.92. The van der Waals surface area contributed by atoms with Crippen molar-refractivity contribution in [1.29, 1.82) is 0 Å². The summed E-state index contributed by atoms with van der Waals surface area (Å²) in [6, 6.07) is 7.28. The van der Waals surface area contributed by atoms with Crippen LogP contribution in [0.3, 0.4) is 0 Å². The van der Waals surface area contributed by atoms with E-state index in [4.69, 9.17) is 11.6 Å². The Labute approximate surface area is 137 Å². The molecule has 0 aliphatic heterocycles. The molecule has 120 valence electrons. The Hall–Kier alpha value is -2.39. The van der Waals surface area contributed by atoms with Crippen molar-refractivity contribution in [3.8, 4) is 0 Å². The first-order valence-corrected chi connectivity index (χ1v) is 8.44. The Kier molecular flexibility index (Phi) is 4.05. The molecule has 0 aliphatic carbocycles. The average molecular weight is 353 g/mol. The zero-order valence-electron chi connectivity index (χ0n) is 12.1. The average Bonchev–Trinajstić information content (AvgIpc) is 3.11. The van der Waals surface area contributed by atoms with Crippen LogP contribution in [-0.2, 0) is 23.6 Å². The number of halogens is 1. The van der Waals surface area contributed by atoms with Crippen LogP contribution in [0.25, 0.3) is 0 Å². The summed E-state index contributed by atoms with van der Waals surface area (Å²) in [5.41, 5.74) is 0.973. The Morgan fingerprint density at radius 3 is 2.65 bits per heavy atom. The van der Waals surface area contributed by atoms with Gasteiger partial charge in [0.15, 0.2) is 0 Å². The minimum atomic E-state index is -3.75. The van der Waals surface area contributed by atoms with Crippen LogP contribution >= 0.6 is 11.6 Å². The van der Waals surface area contributed by atoms with Gasteiger partial charge in [0.05, 0.1) is 12.7 Å². The normalized spacial score (nSPS) is 11.6. The van der Waals surface area contributed by atoms with Gasteiger partial charge in [-0.15, -0.1) is 5.10 Å². The van der Waals surface area contributed by atoms with E-state index in [1.165, 1.54) is 28.1 Å². The van der Waals surface area contributed by atoms with E-state index in [1.54, 1.807) is 19.2 Å². The van der Waals surface area contributed by atoms with Crippen molar-refractivity contribution in [3.63, 3.8) is 0 Å². The van der Waals surface area contributed by atoms with Crippen LogP contribution in [0.15, 0.2) is 47.9 Å². The molecule has 2 aromatic heterocycles. The van der Waals surface area contributed by atoms with E-state index in [2.05, 4.69) is 19.9 Å². The van der Waals surface area contributed by atoms with Gasteiger partial charge in [-0.2, -0.15) is 10.1 Å². The van der Waals surface area contributed by atoms with Gasteiger partial charge >= 0.3 is 0 Å². The Morgan fingerprint density at radius 1 is 1.26 bits per heavy atom. The summed E-state index contributed by atoms with van der Waals surface area (Å²) in [5.74, 6) is 0.00261. The summed E-state index contributed by atoms with van der Waals surface area (Å²) in [6.07, 6.45) is 4.11. The van der Waals surface area contributed by atoms with Crippen molar-refractivity contribution in [1.82, 2.24) is 24.5 Å². The predicted octanol–water partition coefficient (Wildman–Crippen LogP) is 1.51. The summed E-state index contributed by atoms with van der Waals surface area (Å²) < 4.78 is 29.6. The van der Waals surface area contributed by atoms with E-state index >= 15 is 0 Å². The lowest BCUT2D eigenvalue weighted by molar-refractivity contribution is 0.600. The number of aryl methyl sites for hydroxylation is 1. The molecule has 2 heterocycles. The molecular formula is C13H13ClN6O2S. The number of aromatic nitrogens is 5. The molecule has 0 radical (unpaired) electrons. The number of nitrogens with zero attached hydrogens (tertiary/aromatic N) is 5. The molecule has 0 spiro atoms. The van der Waals surface area contributed by atoms with Gasteiger partial charge in [0.1, 0.15) is 11.2 Å². The van der Waals surface area contributed by atoms with Gasteiger partial charge < -0.3 is 0 Å². The van der Waals surface area contributed by atoms with Gasteiger partial charge in [-0.3, -0.25) is 4.68 Å². The molecule has 3 rings (SSSR count). The second-order valence-corrected chi connectivity index (χ2v) is 6.97. The largest absolute Gasteiger partial charge is 0.274 e. The fourth-order valence-corrected chi connectivity index (χ4v) is 2.97. The number of rotatable bonds is 5. The highest BCUT2D eigenvalue weighted by Gasteiger charge is 2.18. The predicted molar refractivity (Wildman–Crippen MR) is 84.6 cm³/mol. The molecule has 23 heavy (non-hydrogen) atoms. The lowest BCUT2D eigenvalue weighted by atomic mass is 10.2. The maximum Gasteiger partial charge on any atom is 0.267 e. The van der Waals surface area contributed by atoms with Gasteiger partial charge in [-0.25, -0.2) is 17.8 Å². The molecule has 0 bridgehead atoms. The molecule has 0 atom stereocenters. The molecule has 3 aromatic rings. The highest BCUT2D eigenvalue weighted by atomic mass is 35.5. The number of hydrogen-bond donors (Lipinski definition) is 1. The van der Waals surface area contributed by atoms with Gasteiger partial charge in [0, 0.05) is 18.3 Å². The number of anilines is 1. The van der Waals surface area contributed by atoms with Crippen molar-refractivity contribution in [3.05, 3.63) is 53.6 Å². The summed E-state index contributed by atoms with van der Waals surface area (Å²) in [4.78, 5) is 4.01. The van der Waals surface area contributed by atoms with Gasteiger partial charge in [-0.1, -0.05) is 23.7 Å². The third-order valence-electron chi connectivity index (χ3n) is 3.01. The molecule has 0 aliphatic rings. The van der Waals surface area contributed by atoms with E-state index in [0.29, 0.717) is 11.6 Å². The van der Waals surface area contributed by atoms with Gasteiger partial charge in [-0.05, 0) is 17.7 Å². The lowest BCUT2D eigenvalue weighted by Crippen LogP contribution is -2.14. The van der Waals surface area contributed by atoms with Crippen LogP contribution in [0.1, 0.15) is 5.56 Å². The van der Waals surface area contributed by atoms with Crippen molar-refractivity contribution in [2.24, 2.45) is 7.05 Å². The van der Waals surface area contributed by atoms with E-state index in [9.17, 15) is 8.42 Å². The topological polar surface area (TPSA) is 94.7 Å². The molecule has 1 N–H and O–H groups in total. The van der Waals surface area contributed by atoms with Gasteiger partial charge in [0.25, 0.3) is 16.0 Å². The minimum Gasteiger partial charge on any atom is -0.274 e. The molecule has 0 unspecified atom stereocenters. The van der Waals surface area contributed by atoms with Crippen molar-refractivity contribution in [2.75, 3.05) is 4.72 Å². The van der Waals surface area contributed by atoms with Crippen LogP contribution < -0.4 is 4.72 Å². The number of nitrogens with one attached hydrogen (secondary N) is 1. The minimum absolute atomic E-state index is 0.00261. The number of sulfonamides is 1. The first kappa shape index (κ1) is 15.5. The van der Waals surface area contributed by atoms with E-state index in [1.807, 2.05) is 12.1 Å². The molecule has 0 saturated carbocycles. The Bertz CT molecular complexity index is 916. The molecule has 0 saturated heterocycles. The van der Waals surface area contributed by atoms with E-state index in [-0.39, 0.29) is 10.8 Å². The highest BCUT2D eigenvalue weighted by Crippen LogP contribution is 2.13. The van der Waals surface area contributed by atoms with E-state index in [0.717, 1.165) is 5.56 Å². The third-order valence-corrected chi connectivity index (χ3v) is 4.55. The molecule has 1 aromatic carbocycles. The molecule has 10 heteroatoms. The summed E-state index contributed by atoms with van der Waals surface area (Å²) in [7, 11) is -2.11. The van der Waals surface area contributed by atoms with Crippen LogP contribution in [0.5, 0.6) is 0 Å². The molecule has 8 nitrogen and oxygen atoms in total. The lowest BCUT2D eigenvalue weighted by Gasteiger charge is -2.02. The standard InChI is InChI=1S/C13H13ClN6O2S/c1-19-8-12(6-16-19)23(21,22)18-13-15-9-20(17-13)7-10-2-4-11(14)5-3-10/h2-6,8-9H,7H2,1H3,(H,17,18). The molecule has 0 fully saturated rings. The zero-order chi connectivity index (χ0) is 16.4. The fraction of sp³-hybridized carbons (Fsp3) is 0.154. The third kappa shape index (κ3) is 3.69. The van der Waals surface area contributed by atoms with Crippen molar-refractivity contribution >= 4 is 27.6 Å². The number of benzene rings is 1. The quantitative estimate of drug-likeness (QED) is 0.751. The van der Waals surface area contributed by atoms with Crippen LogP contribution in [0, 0.1) is 0 Å². The molecular weight excluding hydrogens is 340 g/mol. The van der Waals surface area contributed by atoms with Crippen molar-refractivity contribution in [2.45, 2.75) is 11.4 Å². The smallest absolute Gasteiger partial charge is 0.267 e. The number of hydrogen-bond acceptors (Lipinski definition) is 5. The van der Waals surface area contributed by atoms with Crippen LogP contribution in [-0.4, -0.2) is 33.0 Å². The monoisotopic (exact) mass is 352 g/mol. The maximum atomic E-state index is 12.2. The maximum absolute atomic E-state index is 12.2. The van der Waals surface area contributed by atoms with Crippen molar-refractivity contribution < 1.29 is 8.42 Å². The summed E-state index contributed by atoms with van der Waals surface area (Å²) in [6.45, 7) is 0.457. The molecule has 0 amide bonds. The second-order valence-electron chi connectivity index (χ2n) is 4.85. The Morgan fingerprint density at radius 2 is 2.00 bits per heavy atom. The fourth-order valence-electron chi connectivity index (χ4n) is 1.91. The summed E-state index contributed by atoms with van der Waals surface area (Å²) in [5, 5.41) is 8.58. The first-order valence-electron chi connectivity index (χ1n) is 6.58. The van der Waals surface area contributed by atoms with Crippen LogP contribution in [0.4, 0.5) is 5.95 Å². The first-order chi connectivity index (χ1) is 10.9. The zero-order valence-corrected chi connectivity index (χ0v) is 13.7. The summed E-state index contributed by atoms with van der Waals surface area (Å²) >= 11 is 5.83. The SMILES string of the molecule is Cn1cc(S(=O)(=O)Nc2ncn(Cc3ccc(Cl)cc3)n2)cn1. The van der Waals surface area contributed by atoms with Crippen LogP contribution in [0.2, 0.25) is 5.02 Å². The van der Waals surface area contributed by atoms with E-state index < -0.39 is 10.0 Å². The second kappa shape index (κ2) is 6.01. The van der Waals surface area contributed by atoms with Gasteiger partial charge in [0.2, 0.25) is 0 Å².